The summed E-state index contributed by atoms with van der Waals surface area (Å²) in [5.74, 6) is 0. The van der Waals surface area contributed by atoms with Gasteiger partial charge in [-0.2, -0.15) is 0 Å². The number of fused-ring (bicyclic) bond motifs is 2. The lowest BCUT2D eigenvalue weighted by Crippen LogP contribution is -2.53. The molecule has 4 heteroatoms. The molecule has 3 rings (SSSR count). The van der Waals surface area contributed by atoms with Crippen molar-refractivity contribution < 1.29 is 14.6 Å². The van der Waals surface area contributed by atoms with Crippen molar-refractivity contribution in [1.82, 2.24) is 4.90 Å². The maximum absolute atomic E-state index is 9.51. The Morgan fingerprint density at radius 3 is 2.78 bits per heavy atom. The van der Waals surface area contributed by atoms with Gasteiger partial charge in [-0.05, 0) is 25.3 Å². The van der Waals surface area contributed by atoms with Crippen LogP contribution in [0.25, 0.3) is 0 Å². The van der Waals surface area contributed by atoms with E-state index in [1.165, 1.54) is 11.1 Å². The van der Waals surface area contributed by atoms with Gasteiger partial charge in [-0.3, -0.25) is 4.90 Å². The van der Waals surface area contributed by atoms with E-state index in [9.17, 15) is 5.11 Å². The molecule has 2 heterocycles. The van der Waals surface area contributed by atoms with Gasteiger partial charge in [0.05, 0.1) is 12.6 Å². The van der Waals surface area contributed by atoms with E-state index in [0.717, 1.165) is 25.9 Å². The molecule has 126 valence electrons. The second kappa shape index (κ2) is 7.58. The van der Waals surface area contributed by atoms with Crippen LogP contribution in [0.3, 0.4) is 0 Å². The van der Waals surface area contributed by atoms with Crippen molar-refractivity contribution >= 4 is 0 Å². The number of rotatable bonds is 6. The molecule has 2 aliphatic rings. The van der Waals surface area contributed by atoms with E-state index in [0.29, 0.717) is 0 Å². The third-order valence-corrected chi connectivity index (χ3v) is 4.70. The first kappa shape index (κ1) is 16.7. The number of hydrogen-bond donors (Lipinski definition) is 1. The van der Waals surface area contributed by atoms with Gasteiger partial charge in [0.1, 0.15) is 12.2 Å². The summed E-state index contributed by atoms with van der Waals surface area (Å²) in [4.78, 5) is 2.46. The largest absolute Gasteiger partial charge is 0.394 e. The first-order valence-electron chi connectivity index (χ1n) is 8.56. The van der Waals surface area contributed by atoms with E-state index < -0.39 is 0 Å². The van der Waals surface area contributed by atoms with Crippen LogP contribution in [0, 0.1) is 0 Å². The van der Waals surface area contributed by atoms with E-state index in [4.69, 9.17) is 9.47 Å². The van der Waals surface area contributed by atoms with Gasteiger partial charge < -0.3 is 14.6 Å². The van der Waals surface area contributed by atoms with Crippen LogP contribution in [-0.4, -0.2) is 54.2 Å². The number of aliphatic hydroxyl groups is 1. The van der Waals surface area contributed by atoms with Gasteiger partial charge in [0.25, 0.3) is 0 Å². The molecule has 2 saturated heterocycles. The second-order valence-corrected chi connectivity index (χ2v) is 6.55. The Morgan fingerprint density at radius 2 is 2.09 bits per heavy atom. The zero-order valence-corrected chi connectivity index (χ0v) is 14.0. The SMILES string of the molecule is CC/C=C(\C)CN1C[C@H]2OC(OC2CO)C1Cc1ccccc1. The normalized spacial score (nSPS) is 31.5. The van der Waals surface area contributed by atoms with Crippen molar-refractivity contribution in [3.63, 3.8) is 0 Å². The van der Waals surface area contributed by atoms with Crippen LogP contribution < -0.4 is 0 Å². The lowest BCUT2D eigenvalue weighted by molar-refractivity contribution is -0.145. The standard InChI is InChI=1S/C19H27NO3/c1-3-7-14(2)11-20-12-17-18(13-21)23-19(22-17)16(20)10-15-8-5-4-6-9-15/h4-9,16-19,21H,3,10-13H2,1-2H3/b14-7+/t16?,17-,18?,19?/m1/s1. The second-order valence-electron chi connectivity index (χ2n) is 6.55. The Kier molecular flexibility index (Phi) is 5.49. The summed E-state index contributed by atoms with van der Waals surface area (Å²) in [5, 5.41) is 9.51. The van der Waals surface area contributed by atoms with E-state index in [-0.39, 0.29) is 31.1 Å². The van der Waals surface area contributed by atoms with E-state index in [2.05, 4.69) is 49.1 Å². The lowest BCUT2D eigenvalue weighted by atomic mass is 10.0. The van der Waals surface area contributed by atoms with Gasteiger partial charge >= 0.3 is 0 Å². The average Bonchev–Trinajstić information content (AvgIpc) is 2.90. The van der Waals surface area contributed by atoms with Gasteiger partial charge in [-0.25, -0.2) is 0 Å². The maximum atomic E-state index is 9.51. The highest BCUT2D eigenvalue weighted by molar-refractivity contribution is 5.17. The van der Waals surface area contributed by atoms with E-state index in [1.807, 2.05) is 6.07 Å². The summed E-state index contributed by atoms with van der Waals surface area (Å²) in [6, 6.07) is 10.7. The Labute approximate surface area is 138 Å². The van der Waals surface area contributed by atoms with Crippen molar-refractivity contribution in [3.05, 3.63) is 47.5 Å². The van der Waals surface area contributed by atoms with Gasteiger partial charge in [0.2, 0.25) is 0 Å². The molecule has 1 aromatic carbocycles. The topological polar surface area (TPSA) is 41.9 Å². The monoisotopic (exact) mass is 317 g/mol. The minimum atomic E-state index is -0.250. The number of aliphatic hydroxyl groups excluding tert-OH is 1. The number of nitrogens with zero attached hydrogens (tertiary/aromatic N) is 1. The van der Waals surface area contributed by atoms with Crippen LogP contribution in [-0.2, 0) is 15.9 Å². The number of ether oxygens (including phenoxy) is 2. The molecule has 1 N–H and O–H groups in total. The predicted octanol–water partition coefficient (Wildman–Crippen LogP) is 2.37. The molecule has 4 atom stereocenters. The molecule has 0 radical (unpaired) electrons. The Balaban J connectivity index is 1.77. The Morgan fingerprint density at radius 1 is 1.30 bits per heavy atom. The van der Waals surface area contributed by atoms with Gasteiger partial charge in [-0.1, -0.05) is 48.9 Å². The molecule has 2 bridgehead atoms. The fourth-order valence-electron chi connectivity index (χ4n) is 3.59. The van der Waals surface area contributed by atoms with Crippen molar-refractivity contribution in [3.8, 4) is 0 Å². The number of morpholine rings is 1. The van der Waals surface area contributed by atoms with Gasteiger partial charge in [0.15, 0.2) is 6.29 Å². The van der Waals surface area contributed by atoms with E-state index in [1.54, 1.807) is 0 Å². The smallest absolute Gasteiger partial charge is 0.174 e. The van der Waals surface area contributed by atoms with Crippen molar-refractivity contribution in [2.45, 2.75) is 51.2 Å². The molecule has 0 aliphatic carbocycles. The zero-order chi connectivity index (χ0) is 16.2. The highest BCUT2D eigenvalue weighted by atomic mass is 16.7. The third kappa shape index (κ3) is 3.83. The van der Waals surface area contributed by atoms with Crippen molar-refractivity contribution in [2.24, 2.45) is 0 Å². The molecule has 0 spiro atoms. The van der Waals surface area contributed by atoms with Crippen LogP contribution in [0.1, 0.15) is 25.8 Å². The van der Waals surface area contributed by atoms with Gasteiger partial charge in [0, 0.05) is 13.1 Å². The molecule has 0 saturated carbocycles. The highest BCUT2D eigenvalue weighted by Gasteiger charge is 2.47. The summed E-state index contributed by atoms with van der Waals surface area (Å²) in [6.45, 7) is 6.12. The fraction of sp³-hybridized carbons (Fsp3) is 0.579. The Hall–Kier alpha value is -1.20. The highest BCUT2D eigenvalue weighted by Crippen LogP contribution is 2.32. The zero-order valence-electron chi connectivity index (χ0n) is 14.0. The number of benzene rings is 1. The van der Waals surface area contributed by atoms with Crippen LogP contribution in [0.2, 0.25) is 0 Å². The molecular formula is C19H27NO3. The first-order chi connectivity index (χ1) is 11.2. The van der Waals surface area contributed by atoms with E-state index >= 15 is 0 Å². The minimum absolute atomic E-state index is 0.0218. The maximum Gasteiger partial charge on any atom is 0.174 e. The first-order valence-corrected chi connectivity index (χ1v) is 8.56. The third-order valence-electron chi connectivity index (χ3n) is 4.70. The summed E-state index contributed by atoms with van der Waals surface area (Å²) < 4.78 is 12.0. The van der Waals surface area contributed by atoms with Crippen LogP contribution >= 0.6 is 0 Å². The predicted molar refractivity (Wildman–Crippen MR) is 90.2 cm³/mol. The van der Waals surface area contributed by atoms with Crippen LogP contribution in [0.5, 0.6) is 0 Å². The molecule has 3 unspecified atom stereocenters. The molecule has 2 fully saturated rings. The number of allylic oxidation sites excluding steroid dienone is 1. The summed E-state index contributed by atoms with van der Waals surface area (Å²) >= 11 is 0. The number of hydrogen-bond acceptors (Lipinski definition) is 4. The lowest BCUT2D eigenvalue weighted by Gasteiger charge is -2.39. The summed E-state index contributed by atoms with van der Waals surface area (Å²) in [5.41, 5.74) is 2.67. The fourth-order valence-corrected chi connectivity index (χ4v) is 3.59. The van der Waals surface area contributed by atoms with Gasteiger partial charge in [-0.15, -0.1) is 0 Å². The average molecular weight is 317 g/mol. The molecule has 2 aliphatic heterocycles. The summed E-state index contributed by atoms with van der Waals surface area (Å²) in [7, 11) is 0. The molecule has 1 aromatic rings. The Bertz CT molecular complexity index is 531. The quantitative estimate of drug-likeness (QED) is 0.818. The molecule has 23 heavy (non-hydrogen) atoms. The molecular weight excluding hydrogens is 290 g/mol. The summed E-state index contributed by atoms with van der Waals surface area (Å²) in [6.07, 6.45) is 3.77. The van der Waals surface area contributed by atoms with Crippen molar-refractivity contribution in [2.75, 3.05) is 19.7 Å². The van der Waals surface area contributed by atoms with Crippen LogP contribution in [0.4, 0.5) is 0 Å². The van der Waals surface area contributed by atoms with Crippen molar-refractivity contribution in [1.29, 1.82) is 0 Å². The molecule has 0 amide bonds. The molecule has 4 nitrogen and oxygen atoms in total. The van der Waals surface area contributed by atoms with Crippen LogP contribution in [0.15, 0.2) is 42.0 Å². The minimum Gasteiger partial charge on any atom is -0.394 e. The molecule has 0 aromatic heterocycles.